The summed E-state index contributed by atoms with van der Waals surface area (Å²) in [6, 6.07) is 1.97. The van der Waals surface area contributed by atoms with Crippen molar-refractivity contribution in [1.82, 2.24) is 14.1 Å². The molecule has 2 heterocycles. The second kappa shape index (κ2) is 4.78. The van der Waals surface area contributed by atoms with Crippen LogP contribution >= 0.6 is 0 Å². The van der Waals surface area contributed by atoms with Gasteiger partial charge in [0.25, 0.3) is 0 Å². The second-order valence-electron chi connectivity index (χ2n) is 4.81. The summed E-state index contributed by atoms with van der Waals surface area (Å²) < 4.78 is 26.5. The maximum absolute atomic E-state index is 11.5. The maximum Gasteiger partial charge on any atom is 0.211 e. The van der Waals surface area contributed by atoms with Crippen LogP contribution in [0.5, 0.6) is 0 Å². The lowest BCUT2D eigenvalue weighted by Gasteiger charge is -2.30. The van der Waals surface area contributed by atoms with Crippen molar-refractivity contribution < 1.29 is 8.42 Å². The van der Waals surface area contributed by atoms with Crippen LogP contribution in [0.15, 0.2) is 12.3 Å². The zero-order valence-electron chi connectivity index (χ0n) is 10.3. The Bertz CT molecular complexity index is 481. The minimum Gasteiger partial charge on any atom is -0.272 e. The molecule has 0 spiro atoms. The summed E-state index contributed by atoms with van der Waals surface area (Å²) in [5, 5.41) is 4.34. The first-order valence-electron chi connectivity index (χ1n) is 5.90. The molecule has 0 aromatic carbocycles. The number of rotatable bonds is 3. The van der Waals surface area contributed by atoms with Gasteiger partial charge in [0, 0.05) is 25.8 Å². The number of aromatic nitrogens is 2. The maximum atomic E-state index is 11.5. The lowest BCUT2D eigenvalue weighted by molar-refractivity contribution is 0.240. The molecule has 0 radical (unpaired) electrons. The zero-order chi connectivity index (χ0) is 12.5. The van der Waals surface area contributed by atoms with Crippen LogP contribution < -0.4 is 0 Å². The molecule has 17 heavy (non-hydrogen) atoms. The van der Waals surface area contributed by atoms with Gasteiger partial charge in [0.2, 0.25) is 10.0 Å². The largest absolute Gasteiger partial charge is 0.272 e. The molecule has 2 rings (SSSR count). The highest BCUT2D eigenvalue weighted by atomic mass is 32.2. The van der Waals surface area contributed by atoms with Crippen LogP contribution in [-0.4, -0.2) is 41.8 Å². The van der Waals surface area contributed by atoms with E-state index in [9.17, 15) is 8.42 Å². The molecule has 5 nitrogen and oxygen atoms in total. The van der Waals surface area contributed by atoms with E-state index >= 15 is 0 Å². The molecule has 0 N–H and O–H groups in total. The Morgan fingerprint density at radius 2 is 2.29 bits per heavy atom. The van der Waals surface area contributed by atoms with Crippen molar-refractivity contribution in [2.75, 3.05) is 19.3 Å². The smallest absolute Gasteiger partial charge is 0.211 e. The molecular formula is C11H19N3O2S. The Balaban J connectivity index is 1.98. The van der Waals surface area contributed by atoms with E-state index in [1.807, 2.05) is 23.9 Å². The Kier molecular flexibility index (Phi) is 3.53. The Hall–Kier alpha value is -0.880. The number of piperidine rings is 1. The molecule has 0 saturated carbocycles. The van der Waals surface area contributed by atoms with Gasteiger partial charge in [-0.2, -0.15) is 5.10 Å². The topological polar surface area (TPSA) is 55.2 Å². The fraction of sp³-hybridized carbons (Fsp3) is 0.727. The van der Waals surface area contributed by atoms with Gasteiger partial charge in [-0.1, -0.05) is 0 Å². The van der Waals surface area contributed by atoms with E-state index in [0.717, 1.165) is 25.1 Å². The molecule has 1 fully saturated rings. The van der Waals surface area contributed by atoms with Crippen LogP contribution in [0.1, 0.15) is 18.5 Å². The van der Waals surface area contributed by atoms with Crippen LogP contribution in [0.3, 0.4) is 0 Å². The summed E-state index contributed by atoms with van der Waals surface area (Å²) in [6.07, 6.45) is 5.26. The first-order chi connectivity index (χ1) is 7.95. The van der Waals surface area contributed by atoms with Gasteiger partial charge in [-0.3, -0.25) is 4.68 Å². The number of hydrogen-bond acceptors (Lipinski definition) is 3. The number of nitrogens with zero attached hydrogens (tertiary/aromatic N) is 3. The minimum atomic E-state index is -3.04. The van der Waals surface area contributed by atoms with E-state index in [-0.39, 0.29) is 0 Å². The molecular weight excluding hydrogens is 238 g/mol. The lowest BCUT2D eigenvalue weighted by atomic mass is 10.00. The quantitative estimate of drug-likeness (QED) is 0.807. The predicted octanol–water partition coefficient (Wildman–Crippen LogP) is 0.863. The molecule has 1 aromatic rings. The predicted molar refractivity (Wildman–Crippen MR) is 66.1 cm³/mol. The van der Waals surface area contributed by atoms with E-state index in [2.05, 4.69) is 5.10 Å². The summed E-state index contributed by atoms with van der Waals surface area (Å²) in [4.78, 5) is 0. The molecule has 0 amide bonds. The van der Waals surface area contributed by atoms with E-state index in [1.54, 1.807) is 4.31 Å². The summed E-state index contributed by atoms with van der Waals surface area (Å²) in [5.74, 6) is 0.373. The van der Waals surface area contributed by atoms with Gasteiger partial charge >= 0.3 is 0 Å². The summed E-state index contributed by atoms with van der Waals surface area (Å²) in [6.45, 7) is 4.05. The third-order valence-electron chi connectivity index (χ3n) is 3.17. The second-order valence-corrected chi connectivity index (χ2v) is 6.79. The average molecular weight is 257 g/mol. The van der Waals surface area contributed by atoms with Crippen LogP contribution in [0.2, 0.25) is 0 Å². The van der Waals surface area contributed by atoms with Crippen molar-refractivity contribution in [2.45, 2.75) is 26.3 Å². The highest BCUT2D eigenvalue weighted by Crippen LogP contribution is 2.20. The van der Waals surface area contributed by atoms with Crippen molar-refractivity contribution in [3.05, 3.63) is 18.0 Å². The molecule has 1 saturated heterocycles. The normalized spacial score (nSPS) is 22.8. The Morgan fingerprint density at radius 3 is 2.88 bits per heavy atom. The average Bonchev–Trinajstić information content (AvgIpc) is 2.63. The fourth-order valence-corrected chi connectivity index (χ4v) is 3.25. The summed E-state index contributed by atoms with van der Waals surface area (Å²) in [5.41, 5.74) is 1.00. The summed E-state index contributed by atoms with van der Waals surface area (Å²) in [7, 11) is -3.04. The van der Waals surface area contributed by atoms with E-state index in [0.29, 0.717) is 19.0 Å². The van der Waals surface area contributed by atoms with Gasteiger partial charge in [0.05, 0.1) is 11.9 Å². The molecule has 0 bridgehead atoms. The number of hydrogen-bond donors (Lipinski definition) is 0. The van der Waals surface area contributed by atoms with Gasteiger partial charge < -0.3 is 0 Å². The van der Waals surface area contributed by atoms with Crippen molar-refractivity contribution in [2.24, 2.45) is 5.92 Å². The van der Waals surface area contributed by atoms with Gasteiger partial charge in [0.15, 0.2) is 0 Å². The fourth-order valence-electron chi connectivity index (χ4n) is 2.31. The van der Waals surface area contributed by atoms with E-state index in [1.165, 1.54) is 6.26 Å². The van der Waals surface area contributed by atoms with Crippen molar-refractivity contribution >= 4 is 10.0 Å². The van der Waals surface area contributed by atoms with Crippen molar-refractivity contribution in [3.8, 4) is 0 Å². The highest BCUT2D eigenvalue weighted by Gasteiger charge is 2.26. The van der Waals surface area contributed by atoms with Crippen molar-refractivity contribution in [3.63, 3.8) is 0 Å². The minimum absolute atomic E-state index is 0.373. The van der Waals surface area contributed by atoms with E-state index in [4.69, 9.17) is 0 Å². The molecule has 1 unspecified atom stereocenters. The molecule has 96 valence electrons. The molecule has 1 atom stereocenters. The molecule has 1 aliphatic rings. The summed E-state index contributed by atoms with van der Waals surface area (Å²) >= 11 is 0. The van der Waals surface area contributed by atoms with Gasteiger partial charge in [-0.25, -0.2) is 12.7 Å². The zero-order valence-corrected chi connectivity index (χ0v) is 11.2. The third kappa shape index (κ3) is 3.29. The monoisotopic (exact) mass is 257 g/mol. The lowest BCUT2D eigenvalue weighted by Crippen LogP contribution is -2.40. The number of aryl methyl sites for hydroxylation is 1. The third-order valence-corrected chi connectivity index (χ3v) is 4.44. The van der Waals surface area contributed by atoms with E-state index < -0.39 is 10.0 Å². The standard InChI is InChI=1S/C11H19N3O2S/c1-10-5-7-13(12-10)8-11-4-3-6-14(9-11)17(2,15)16/h5,7,11H,3-4,6,8-9H2,1-2H3. The van der Waals surface area contributed by atoms with Crippen LogP contribution in [0.4, 0.5) is 0 Å². The van der Waals surface area contributed by atoms with Crippen molar-refractivity contribution in [1.29, 1.82) is 0 Å². The Labute approximate surface area is 102 Å². The first-order valence-corrected chi connectivity index (χ1v) is 7.75. The molecule has 6 heteroatoms. The van der Waals surface area contributed by atoms with Crippen LogP contribution in [0, 0.1) is 12.8 Å². The Morgan fingerprint density at radius 1 is 1.53 bits per heavy atom. The van der Waals surface area contributed by atoms with Gasteiger partial charge in [-0.15, -0.1) is 0 Å². The first kappa shape index (κ1) is 12.6. The molecule has 1 aliphatic heterocycles. The van der Waals surface area contributed by atoms with Crippen LogP contribution in [-0.2, 0) is 16.6 Å². The SMILES string of the molecule is Cc1ccn(CC2CCCN(S(C)(=O)=O)C2)n1. The highest BCUT2D eigenvalue weighted by molar-refractivity contribution is 7.88. The van der Waals surface area contributed by atoms with Gasteiger partial charge in [0.1, 0.15) is 0 Å². The number of sulfonamides is 1. The molecule has 1 aromatic heterocycles. The molecule has 0 aliphatic carbocycles. The van der Waals surface area contributed by atoms with Gasteiger partial charge in [-0.05, 0) is 31.7 Å². The van der Waals surface area contributed by atoms with Crippen LogP contribution in [0.25, 0.3) is 0 Å².